The Kier molecular flexibility index (Phi) is 4.12. The first-order valence-corrected chi connectivity index (χ1v) is 7.66. The normalized spacial score (nSPS) is 28.2. The fourth-order valence-electron chi connectivity index (χ4n) is 3.41. The zero-order valence-electron chi connectivity index (χ0n) is 12.5. The third kappa shape index (κ3) is 2.84. The maximum atomic E-state index is 13.9. The second-order valence-corrected chi connectivity index (χ2v) is 6.03. The summed E-state index contributed by atoms with van der Waals surface area (Å²) >= 11 is 0. The van der Waals surface area contributed by atoms with Gasteiger partial charge in [-0.3, -0.25) is 9.59 Å². The van der Waals surface area contributed by atoms with Gasteiger partial charge in [-0.25, -0.2) is 9.29 Å². The van der Waals surface area contributed by atoms with Gasteiger partial charge in [-0.15, -0.1) is 0 Å². The predicted molar refractivity (Wildman–Crippen MR) is 75.7 cm³/mol. The molecule has 0 radical (unpaired) electrons. The second kappa shape index (κ2) is 6.08. The monoisotopic (exact) mass is 320 g/mol. The van der Waals surface area contributed by atoms with Crippen LogP contribution in [0.4, 0.5) is 10.1 Å². The van der Waals surface area contributed by atoms with Crippen LogP contribution in [0, 0.1) is 11.7 Å². The Morgan fingerprint density at radius 2 is 1.87 bits per heavy atom. The number of benzene rings is 1. The number of nitrogens with one attached hydrogen (secondary N) is 1. The molecule has 0 unspecified atom stereocenters. The van der Waals surface area contributed by atoms with Crippen molar-refractivity contribution >= 4 is 23.5 Å². The molecule has 122 valence electrons. The van der Waals surface area contributed by atoms with Crippen LogP contribution in [0.5, 0.6) is 0 Å². The zero-order valence-corrected chi connectivity index (χ0v) is 12.5. The van der Waals surface area contributed by atoms with Gasteiger partial charge in [0.25, 0.3) is 5.91 Å². The molecule has 0 saturated carbocycles. The summed E-state index contributed by atoms with van der Waals surface area (Å²) in [5.74, 6) is -3.00. The number of likely N-dealkylation sites (tertiary alicyclic amines) is 1. The number of carbonyl (C=O) groups excluding carboxylic acids is 3. The number of carboxylic acid groups (broad SMARTS) is 1. The number of quaternary nitrogens is 1. The van der Waals surface area contributed by atoms with Crippen molar-refractivity contribution < 1.29 is 28.8 Å². The van der Waals surface area contributed by atoms with Gasteiger partial charge in [0.1, 0.15) is 5.82 Å². The molecule has 2 aliphatic rings. The molecule has 6 nitrogen and oxygen atoms in total. The fourth-order valence-corrected chi connectivity index (χ4v) is 3.41. The van der Waals surface area contributed by atoms with E-state index in [1.807, 2.05) is 0 Å². The third-order valence-corrected chi connectivity index (χ3v) is 4.69. The van der Waals surface area contributed by atoms with Crippen molar-refractivity contribution in [3.63, 3.8) is 0 Å². The molecule has 1 atom stereocenters. The van der Waals surface area contributed by atoms with E-state index in [1.54, 1.807) is 6.07 Å². The number of imide groups is 1. The molecular weight excluding hydrogens is 303 g/mol. The number of rotatable bonds is 3. The molecule has 2 amide bonds. The predicted octanol–water partition coefficient (Wildman–Crippen LogP) is -1.50. The Bertz CT molecular complexity index is 655. The maximum Gasteiger partial charge on any atom is 0.292 e. The highest BCUT2D eigenvalue weighted by atomic mass is 19.1. The number of carboxylic acids is 1. The number of hydrogen-bond acceptors (Lipinski definition) is 4. The molecule has 0 aromatic heterocycles. The lowest BCUT2D eigenvalue weighted by molar-refractivity contribution is -0.920. The van der Waals surface area contributed by atoms with Crippen LogP contribution in [0.1, 0.15) is 19.3 Å². The lowest BCUT2D eigenvalue weighted by atomic mass is 9.96. The Labute approximate surface area is 132 Å². The Morgan fingerprint density at radius 3 is 2.48 bits per heavy atom. The first kappa shape index (κ1) is 15.6. The van der Waals surface area contributed by atoms with E-state index >= 15 is 0 Å². The van der Waals surface area contributed by atoms with E-state index in [0.29, 0.717) is 25.9 Å². The number of piperidine rings is 1. The van der Waals surface area contributed by atoms with Gasteiger partial charge in [-0.2, -0.15) is 0 Å². The number of carbonyl (C=O) groups is 3. The maximum absolute atomic E-state index is 13.9. The second-order valence-electron chi connectivity index (χ2n) is 6.03. The van der Waals surface area contributed by atoms with Crippen LogP contribution in [-0.4, -0.2) is 36.9 Å². The van der Waals surface area contributed by atoms with Crippen LogP contribution >= 0.6 is 0 Å². The molecule has 7 heteroatoms. The summed E-state index contributed by atoms with van der Waals surface area (Å²) in [5, 5.41) is 10.9. The smallest absolute Gasteiger partial charge is 0.292 e. The summed E-state index contributed by atoms with van der Waals surface area (Å²) in [6, 6.07) is 5.12. The van der Waals surface area contributed by atoms with E-state index in [9.17, 15) is 23.9 Å². The number of anilines is 1. The van der Waals surface area contributed by atoms with Gasteiger partial charge in [-0.1, -0.05) is 12.1 Å². The topological polar surface area (TPSA) is 81.9 Å². The van der Waals surface area contributed by atoms with Gasteiger partial charge in [0.2, 0.25) is 5.91 Å². The van der Waals surface area contributed by atoms with E-state index in [-0.39, 0.29) is 12.1 Å². The van der Waals surface area contributed by atoms with Crippen molar-refractivity contribution in [2.24, 2.45) is 5.92 Å². The average molecular weight is 320 g/mol. The minimum Gasteiger partial charge on any atom is -0.550 e. The quantitative estimate of drug-likeness (QED) is 0.688. The van der Waals surface area contributed by atoms with Crippen molar-refractivity contribution in [1.82, 2.24) is 0 Å². The van der Waals surface area contributed by atoms with Crippen LogP contribution in [0.3, 0.4) is 0 Å². The molecular formula is C16H17FN2O4. The molecule has 0 spiro atoms. The molecule has 23 heavy (non-hydrogen) atoms. The van der Waals surface area contributed by atoms with Gasteiger partial charge in [0, 0.05) is 24.7 Å². The van der Waals surface area contributed by atoms with E-state index in [2.05, 4.69) is 0 Å². The van der Waals surface area contributed by atoms with Crippen LogP contribution < -0.4 is 14.9 Å². The Hall–Kier alpha value is -2.28. The van der Waals surface area contributed by atoms with E-state index in [0.717, 1.165) is 9.80 Å². The minimum atomic E-state index is -1.06. The molecule has 1 aromatic carbocycles. The summed E-state index contributed by atoms with van der Waals surface area (Å²) in [6.45, 7) is 0.987. The van der Waals surface area contributed by atoms with Gasteiger partial charge >= 0.3 is 0 Å². The van der Waals surface area contributed by atoms with Gasteiger partial charge < -0.3 is 14.8 Å². The summed E-state index contributed by atoms with van der Waals surface area (Å²) in [4.78, 5) is 37.4. The summed E-state index contributed by atoms with van der Waals surface area (Å²) in [5.41, 5.74) is -0.0194. The summed E-state index contributed by atoms with van der Waals surface area (Å²) in [6.07, 6.45) is 0.878. The Balaban J connectivity index is 1.75. The minimum absolute atomic E-state index is 0.0194. The highest BCUT2D eigenvalue weighted by Crippen LogP contribution is 2.25. The number of hydrogen-bond donors (Lipinski definition) is 1. The average Bonchev–Trinajstić information content (AvgIpc) is 2.83. The van der Waals surface area contributed by atoms with Crippen molar-refractivity contribution in [2.45, 2.75) is 25.3 Å². The number of nitrogens with zero attached hydrogens (tertiary/aromatic N) is 1. The van der Waals surface area contributed by atoms with E-state index in [1.165, 1.54) is 18.2 Å². The van der Waals surface area contributed by atoms with Crippen LogP contribution in [0.2, 0.25) is 0 Å². The number of halogens is 1. The first-order chi connectivity index (χ1) is 11.0. The Morgan fingerprint density at radius 1 is 1.22 bits per heavy atom. The van der Waals surface area contributed by atoms with Crippen LogP contribution in [0.25, 0.3) is 0 Å². The van der Waals surface area contributed by atoms with Crippen LogP contribution in [-0.2, 0) is 14.4 Å². The third-order valence-electron chi connectivity index (χ3n) is 4.69. The van der Waals surface area contributed by atoms with Crippen molar-refractivity contribution in [3.05, 3.63) is 30.1 Å². The number of para-hydroxylation sites is 1. The molecule has 3 rings (SSSR count). The molecule has 0 aliphatic carbocycles. The summed E-state index contributed by atoms with van der Waals surface area (Å²) < 4.78 is 13.9. The van der Waals surface area contributed by atoms with Crippen LogP contribution in [0.15, 0.2) is 24.3 Å². The molecule has 2 saturated heterocycles. The first-order valence-electron chi connectivity index (χ1n) is 7.66. The standard InChI is InChI=1S/C16H17FN2O4/c17-11-3-1-2-4-12(11)19-14(20)9-13(15(19)21)18-7-5-10(6-8-18)16(22)23/h1-4,10,13H,5-9H2,(H,22,23)/t13-/m0/s1. The SMILES string of the molecule is O=C([O-])C1CC[NH+]([C@H]2CC(=O)N(c3ccccc3F)C2=O)CC1. The van der Waals surface area contributed by atoms with E-state index in [4.69, 9.17) is 0 Å². The van der Waals surface area contributed by atoms with Crippen molar-refractivity contribution in [3.8, 4) is 0 Å². The highest BCUT2D eigenvalue weighted by Gasteiger charge is 2.47. The van der Waals surface area contributed by atoms with Gasteiger partial charge in [0.05, 0.1) is 25.2 Å². The van der Waals surface area contributed by atoms with Gasteiger partial charge in [-0.05, 0) is 12.1 Å². The fraction of sp³-hybridized carbons (Fsp3) is 0.438. The number of aliphatic carboxylic acids is 1. The molecule has 2 aliphatic heterocycles. The summed E-state index contributed by atoms with van der Waals surface area (Å²) in [7, 11) is 0. The van der Waals surface area contributed by atoms with E-state index < -0.39 is 35.6 Å². The molecule has 1 aromatic rings. The van der Waals surface area contributed by atoms with Crippen molar-refractivity contribution in [2.75, 3.05) is 18.0 Å². The lowest BCUT2D eigenvalue weighted by Crippen LogP contribution is -3.17. The van der Waals surface area contributed by atoms with Crippen molar-refractivity contribution in [1.29, 1.82) is 0 Å². The lowest BCUT2D eigenvalue weighted by Gasteiger charge is -2.32. The van der Waals surface area contributed by atoms with Gasteiger partial charge in [0.15, 0.2) is 6.04 Å². The molecule has 2 heterocycles. The molecule has 2 fully saturated rings. The highest BCUT2D eigenvalue weighted by molar-refractivity contribution is 6.21. The molecule has 0 bridgehead atoms. The number of amides is 2. The largest absolute Gasteiger partial charge is 0.550 e. The zero-order chi connectivity index (χ0) is 16.6. The molecule has 1 N–H and O–H groups in total.